The molecule has 1 aliphatic carbocycles. The minimum absolute atomic E-state index is 0.626. The van der Waals surface area contributed by atoms with E-state index in [0.717, 1.165) is 11.4 Å². The highest BCUT2D eigenvalue weighted by atomic mass is 32.1. The van der Waals surface area contributed by atoms with E-state index in [1.54, 1.807) is 6.20 Å². The second-order valence-corrected chi connectivity index (χ2v) is 4.75. The van der Waals surface area contributed by atoms with Crippen LogP contribution in [0.5, 0.6) is 0 Å². The third-order valence-electron chi connectivity index (χ3n) is 2.80. The monoisotopic (exact) mass is 210 g/mol. The maximum atomic E-state index is 10.5. The van der Waals surface area contributed by atoms with Gasteiger partial charge in [0.1, 0.15) is 0 Å². The van der Waals surface area contributed by atoms with Gasteiger partial charge in [0.2, 0.25) is 0 Å². The molecule has 4 heteroatoms. The molecule has 0 N–H and O–H groups in total. The number of aldehydes is 1. The van der Waals surface area contributed by atoms with Crippen LogP contribution in [-0.2, 0) is 0 Å². The maximum absolute atomic E-state index is 10.5. The Morgan fingerprint density at radius 1 is 1.57 bits per heavy atom. The second-order valence-electron chi connectivity index (χ2n) is 3.71. The SMILES string of the molecule is CN(c1ncc(C=O)s1)C1CCCC1. The number of thiazole rings is 1. The van der Waals surface area contributed by atoms with Crippen LogP contribution in [-0.4, -0.2) is 24.4 Å². The van der Waals surface area contributed by atoms with Gasteiger partial charge in [0.05, 0.1) is 11.1 Å². The Hall–Kier alpha value is -0.900. The number of aromatic nitrogens is 1. The zero-order chi connectivity index (χ0) is 9.97. The van der Waals surface area contributed by atoms with Gasteiger partial charge in [-0.15, -0.1) is 0 Å². The van der Waals surface area contributed by atoms with Gasteiger partial charge in [0.25, 0.3) is 0 Å². The number of hydrogen-bond acceptors (Lipinski definition) is 4. The van der Waals surface area contributed by atoms with Gasteiger partial charge in [0, 0.05) is 13.1 Å². The average molecular weight is 210 g/mol. The molecule has 0 spiro atoms. The first kappa shape index (κ1) is 9.65. The van der Waals surface area contributed by atoms with E-state index in [-0.39, 0.29) is 0 Å². The second kappa shape index (κ2) is 4.09. The van der Waals surface area contributed by atoms with Crippen LogP contribution in [0.15, 0.2) is 6.20 Å². The molecule has 0 aliphatic heterocycles. The van der Waals surface area contributed by atoms with E-state index in [2.05, 4.69) is 16.9 Å². The fourth-order valence-corrected chi connectivity index (χ4v) is 2.71. The first-order valence-corrected chi connectivity index (χ1v) is 5.77. The molecule has 2 rings (SSSR count). The van der Waals surface area contributed by atoms with Crippen molar-refractivity contribution >= 4 is 22.8 Å². The lowest BCUT2D eigenvalue weighted by atomic mass is 10.2. The molecule has 0 radical (unpaired) electrons. The smallest absolute Gasteiger partial charge is 0.185 e. The highest BCUT2D eigenvalue weighted by molar-refractivity contribution is 7.17. The third kappa shape index (κ3) is 1.80. The van der Waals surface area contributed by atoms with Crippen molar-refractivity contribution in [1.82, 2.24) is 4.98 Å². The van der Waals surface area contributed by atoms with Crippen LogP contribution in [0.3, 0.4) is 0 Å². The molecule has 1 aromatic rings. The summed E-state index contributed by atoms with van der Waals surface area (Å²) in [6.07, 6.45) is 7.67. The van der Waals surface area contributed by atoms with Gasteiger partial charge in [0.15, 0.2) is 11.4 Å². The predicted molar refractivity (Wildman–Crippen MR) is 58.2 cm³/mol. The van der Waals surface area contributed by atoms with Gasteiger partial charge in [-0.1, -0.05) is 24.2 Å². The van der Waals surface area contributed by atoms with E-state index in [0.29, 0.717) is 10.9 Å². The van der Waals surface area contributed by atoms with Crippen molar-refractivity contribution < 1.29 is 4.79 Å². The minimum Gasteiger partial charge on any atom is -0.348 e. The molecule has 0 bridgehead atoms. The average Bonchev–Trinajstić information content (AvgIpc) is 2.88. The maximum Gasteiger partial charge on any atom is 0.185 e. The summed E-state index contributed by atoms with van der Waals surface area (Å²) in [5.41, 5.74) is 0. The first-order chi connectivity index (χ1) is 6.81. The molecule has 1 aliphatic rings. The Bertz CT molecular complexity index is 318. The fourth-order valence-electron chi connectivity index (χ4n) is 1.94. The molecular formula is C10H14N2OS. The largest absolute Gasteiger partial charge is 0.348 e. The molecule has 3 nitrogen and oxygen atoms in total. The fraction of sp³-hybridized carbons (Fsp3) is 0.600. The molecule has 1 heterocycles. The van der Waals surface area contributed by atoms with E-state index in [9.17, 15) is 4.79 Å². The molecular weight excluding hydrogens is 196 g/mol. The normalized spacial score (nSPS) is 17.2. The van der Waals surface area contributed by atoms with Gasteiger partial charge in [-0.3, -0.25) is 4.79 Å². The van der Waals surface area contributed by atoms with Gasteiger partial charge < -0.3 is 4.90 Å². The number of anilines is 1. The highest BCUT2D eigenvalue weighted by Crippen LogP contribution is 2.29. The van der Waals surface area contributed by atoms with Crippen LogP contribution in [0.4, 0.5) is 5.13 Å². The van der Waals surface area contributed by atoms with Crippen molar-refractivity contribution in [3.8, 4) is 0 Å². The van der Waals surface area contributed by atoms with Crippen molar-refractivity contribution in [2.75, 3.05) is 11.9 Å². The van der Waals surface area contributed by atoms with E-state index < -0.39 is 0 Å². The van der Waals surface area contributed by atoms with E-state index in [1.807, 2.05) is 0 Å². The Morgan fingerprint density at radius 3 is 2.86 bits per heavy atom. The first-order valence-electron chi connectivity index (χ1n) is 4.95. The van der Waals surface area contributed by atoms with E-state index in [4.69, 9.17) is 0 Å². The number of hydrogen-bond donors (Lipinski definition) is 0. The van der Waals surface area contributed by atoms with Crippen molar-refractivity contribution in [1.29, 1.82) is 0 Å². The van der Waals surface area contributed by atoms with Crippen molar-refractivity contribution in [2.45, 2.75) is 31.7 Å². The molecule has 1 aromatic heterocycles. The summed E-state index contributed by atoms with van der Waals surface area (Å²) in [5.74, 6) is 0. The van der Waals surface area contributed by atoms with Crippen LogP contribution in [0.2, 0.25) is 0 Å². The summed E-state index contributed by atoms with van der Waals surface area (Å²) in [6, 6.07) is 0.626. The van der Waals surface area contributed by atoms with Crippen molar-refractivity contribution in [3.05, 3.63) is 11.1 Å². The number of rotatable bonds is 3. The summed E-state index contributed by atoms with van der Waals surface area (Å²) in [5, 5.41) is 0.971. The van der Waals surface area contributed by atoms with Crippen LogP contribution < -0.4 is 4.90 Å². The van der Waals surface area contributed by atoms with Gasteiger partial charge in [-0.05, 0) is 12.8 Å². The Morgan fingerprint density at radius 2 is 2.29 bits per heavy atom. The van der Waals surface area contributed by atoms with E-state index >= 15 is 0 Å². The lowest BCUT2D eigenvalue weighted by Gasteiger charge is -2.23. The van der Waals surface area contributed by atoms with Crippen LogP contribution in [0.25, 0.3) is 0 Å². The van der Waals surface area contributed by atoms with E-state index in [1.165, 1.54) is 37.0 Å². The highest BCUT2D eigenvalue weighted by Gasteiger charge is 2.21. The summed E-state index contributed by atoms with van der Waals surface area (Å²) in [7, 11) is 2.07. The summed E-state index contributed by atoms with van der Waals surface area (Å²) < 4.78 is 0. The topological polar surface area (TPSA) is 33.2 Å². The van der Waals surface area contributed by atoms with Crippen LogP contribution in [0.1, 0.15) is 35.4 Å². The molecule has 1 fully saturated rings. The van der Waals surface area contributed by atoms with Gasteiger partial charge in [-0.25, -0.2) is 4.98 Å². The summed E-state index contributed by atoms with van der Waals surface area (Å²) in [4.78, 5) is 17.7. The lowest BCUT2D eigenvalue weighted by Crippen LogP contribution is -2.28. The Kier molecular flexibility index (Phi) is 2.82. The molecule has 14 heavy (non-hydrogen) atoms. The molecule has 0 unspecified atom stereocenters. The van der Waals surface area contributed by atoms with Crippen molar-refractivity contribution in [2.24, 2.45) is 0 Å². The quantitative estimate of drug-likeness (QED) is 0.718. The predicted octanol–water partition coefficient (Wildman–Crippen LogP) is 2.33. The molecule has 0 amide bonds. The van der Waals surface area contributed by atoms with Crippen LogP contribution in [0, 0.1) is 0 Å². The zero-order valence-corrected chi connectivity index (χ0v) is 9.09. The molecule has 0 atom stereocenters. The summed E-state index contributed by atoms with van der Waals surface area (Å²) in [6.45, 7) is 0. The molecule has 76 valence electrons. The Labute approximate surface area is 87.8 Å². The minimum atomic E-state index is 0.626. The molecule has 0 saturated heterocycles. The van der Waals surface area contributed by atoms with Gasteiger partial charge in [-0.2, -0.15) is 0 Å². The number of carbonyl (C=O) groups is 1. The Balaban J connectivity index is 2.09. The van der Waals surface area contributed by atoms with Crippen molar-refractivity contribution in [3.63, 3.8) is 0 Å². The number of carbonyl (C=O) groups excluding carboxylic acids is 1. The van der Waals surface area contributed by atoms with Crippen LogP contribution >= 0.6 is 11.3 Å². The molecule has 1 saturated carbocycles. The zero-order valence-electron chi connectivity index (χ0n) is 8.27. The standard InChI is InChI=1S/C10H14N2OS/c1-12(8-4-2-3-5-8)10-11-6-9(7-13)14-10/h6-8H,2-5H2,1H3. The summed E-state index contributed by atoms with van der Waals surface area (Å²) >= 11 is 1.47. The lowest BCUT2D eigenvalue weighted by molar-refractivity contribution is 0.112. The third-order valence-corrected chi connectivity index (χ3v) is 3.81. The molecule has 0 aromatic carbocycles. The number of nitrogens with zero attached hydrogens (tertiary/aromatic N) is 2. The van der Waals surface area contributed by atoms with Gasteiger partial charge >= 0.3 is 0 Å².